The van der Waals surface area contributed by atoms with Gasteiger partial charge in [-0.05, 0) is 50.6 Å². The number of carbonyl (C=O) groups excluding carboxylic acids is 1. The Hall–Kier alpha value is -1.92. The van der Waals surface area contributed by atoms with Gasteiger partial charge in [0.25, 0.3) is 5.91 Å². The number of nitrogens with one attached hydrogen (secondary N) is 1. The van der Waals surface area contributed by atoms with E-state index in [1.165, 1.54) is 19.3 Å². The van der Waals surface area contributed by atoms with Gasteiger partial charge in [0, 0.05) is 30.8 Å². The molecule has 0 unspecified atom stereocenters. The third kappa shape index (κ3) is 3.94. The summed E-state index contributed by atoms with van der Waals surface area (Å²) in [6.45, 7) is 6.09. The smallest absolute Gasteiger partial charge is 0.251 e. The molecule has 1 aromatic heterocycles. The molecule has 0 radical (unpaired) electrons. The summed E-state index contributed by atoms with van der Waals surface area (Å²) in [6.07, 6.45) is 5.91. The first kappa shape index (κ1) is 16.9. The number of likely N-dealkylation sites (tertiary alicyclic amines) is 1. The molecule has 0 spiro atoms. The Labute approximate surface area is 142 Å². The first-order valence-electron chi connectivity index (χ1n) is 8.64. The number of carbonyl (C=O) groups is 1. The summed E-state index contributed by atoms with van der Waals surface area (Å²) < 4.78 is 6.96. The van der Waals surface area contributed by atoms with E-state index >= 15 is 0 Å². The second kappa shape index (κ2) is 7.77. The van der Waals surface area contributed by atoms with Crippen LogP contribution in [0.4, 0.5) is 0 Å². The lowest BCUT2D eigenvalue weighted by molar-refractivity contribution is 0.0936. The van der Waals surface area contributed by atoms with Crippen molar-refractivity contribution in [3.8, 4) is 0 Å². The Morgan fingerprint density at radius 3 is 2.83 bits per heavy atom. The van der Waals surface area contributed by atoms with Crippen molar-refractivity contribution >= 4 is 16.8 Å². The van der Waals surface area contributed by atoms with Gasteiger partial charge in [0.15, 0.2) is 0 Å². The minimum atomic E-state index is -0.0600. The zero-order chi connectivity index (χ0) is 16.9. The lowest BCUT2D eigenvalue weighted by atomic mass is 10.1. The molecule has 3 rings (SSSR count). The van der Waals surface area contributed by atoms with Crippen LogP contribution in [-0.4, -0.2) is 53.9 Å². The van der Waals surface area contributed by atoms with E-state index in [4.69, 9.17) is 4.74 Å². The number of amides is 1. The third-order valence-corrected chi connectivity index (χ3v) is 4.53. The number of aryl methyl sites for hydroxylation is 1. The lowest BCUT2D eigenvalue weighted by Crippen LogP contribution is -2.31. The topological polar surface area (TPSA) is 59.4 Å². The van der Waals surface area contributed by atoms with Crippen molar-refractivity contribution in [3.05, 3.63) is 29.5 Å². The number of rotatable bonds is 6. The van der Waals surface area contributed by atoms with Crippen LogP contribution in [0.3, 0.4) is 0 Å². The number of nitrogens with zero attached hydrogens (tertiary/aromatic N) is 3. The molecule has 2 aromatic rings. The molecule has 130 valence electrons. The van der Waals surface area contributed by atoms with E-state index in [-0.39, 0.29) is 5.91 Å². The molecule has 0 bridgehead atoms. The zero-order valence-electron chi connectivity index (χ0n) is 14.5. The highest BCUT2D eigenvalue weighted by Crippen LogP contribution is 2.19. The van der Waals surface area contributed by atoms with Crippen molar-refractivity contribution in [2.75, 3.05) is 33.4 Å². The van der Waals surface area contributed by atoms with Gasteiger partial charge >= 0.3 is 0 Å². The molecule has 1 aliphatic heterocycles. The van der Waals surface area contributed by atoms with Crippen molar-refractivity contribution in [1.82, 2.24) is 20.0 Å². The summed E-state index contributed by atoms with van der Waals surface area (Å²) in [5, 5.41) is 8.55. The maximum atomic E-state index is 12.3. The van der Waals surface area contributed by atoms with E-state index in [1.54, 1.807) is 7.11 Å². The predicted octanol–water partition coefficient (Wildman–Crippen LogP) is 2.16. The van der Waals surface area contributed by atoms with Crippen molar-refractivity contribution in [2.24, 2.45) is 0 Å². The standard InChI is InChI=1S/C18H26N4O2/c1-14-10-17-15(11-16(14)18(23)19-6-9-24-2)12-22(20-17)13-21-7-4-3-5-8-21/h10-12H,3-9,13H2,1-2H3,(H,19,23). The van der Waals surface area contributed by atoms with E-state index in [2.05, 4.69) is 15.3 Å². The average molecular weight is 330 g/mol. The normalized spacial score (nSPS) is 15.8. The lowest BCUT2D eigenvalue weighted by Gasteiger charge is -2.25. The van der Waals surface area contributed by atoms with E-state index in [9.17, 15) is 4.79 Å². The molecule has 2 heterocycles. The zero-order valence-corrected chi connectivity index (χ0v) is 14.5. The molecule has 6 nitrogen and oxygen atoms in total. The van der Waals surface area contributed by atoms with Gasteiger partial charge in [-0.2, -0.15) is 5.10 Å². The van der Waals surface area contributed by atoms with Crippen LogP contribution in [0.25, 0.3) is 10.9 Å². The van der Waals surface area contributed by atoms with E-state index in [0.717, 1.165) is 36.2 Å². The van der Waals surface area contributed by atoms with E-state index in [0.29, 0.717) is 18.7 Å². The summed E-state index contributed by atoms with van der Waals surface area (Å²) in [4.78, 5) is 14.7. The van der Waals surface area contributed by atoms with Gasteiger partial charge in [0.1, 0.15) is 0 Å². The van der Waals surface area contributed by atoms with Crippen molar-refractivity contribution < 1.29 is 9.53 Å². The number of piperidine rings is 1. The van der Waals surface area contributed by atoms with Crippen LogP contribution in [0.1, 0.15) is 35.2 Å². The number of benzene rings is 1. The minimum Gasteiger partial charge on any atom is -0.383 e. The van der Waals surface area contributed by atoms with E-state index < -0.39 is 0 Å². The van der Waals surface area contributed by atoms with Crippen LogP contribution < -0.4 is 5.32 Å². The summed E-state index contributed by atoms with van der Waals surface area (Å²) in [5.41, 5.74) is 2.59. The second-order valence-electron chi connectivity index (χ2n) is 6.46. The molecule has 1 amide bonds. The van der Waals surface area contributed by atoms with Crippen LogP contribution in [0.2, 0.25) is 0 Å². The van der Waals surface area contributed by atoms with Crippen LogP contribution in [0, 0.1) is 6.92 Å². The van der Waals surface area contributed by atoms with Gasteiger partial charge in [-0.25, -0.2) is 0 Å². The third-order valence-electron chi connectivity index (χ3n) is 4.53. The van der Waals surface area contributed by atoms with Gasteiger partial charge in [-0.3, -0.25) is 14.4 Å². The number of ether oxygens (including phenoxy) is 1. The van der Waals surface area contributed by atoms with Crippen LogP contribution >= 0.6 is 0 Å². The minimum absolute atomic E-state index is 0.0600. The van der Waals surface area contributed by atoms with Gasteiger partial charge in [-0.15, -0.1) is 0 Å². The van der Waals surface area contributed by atoms with Crippen LogP contribution in [0.15, 0.2) is 18.3 Å². The van der Waals surface area contributed by atoms with Crippen molar-refractivity contribution in [1.29, 1.82) is 0 Å². The molecule has 1 aliphatic rings. The van der Waals surface area contributed by atoms with E-state index in [1.807, 2.05) is 29.9 Å². The molecular formula is C18H26N4O2. The number of hydrogen-bond donors (Lipinski definition) is 1. The molecule has 0 saturated carbocycles. The Balaban J connectivity index is 1.75. The first-order valence-corrected chi connectivity index (χ1v) is 8.64. The Bertz CT molecular complexity index is 704. The van der Waals surface area contributed by atoms with Gasteiger partial charge < -0.3 is 10.1 Å². The summed E-state index contributed by atoms with van der Waals surface area (Å²) >= 11 is 0. The fraction of sp³-hybridized carbons (Fsp3) is 0.556. The van der Waals surface area contributed by atoms with Gasteiger partial charge in [-0.1, -0.05) is 6.42 Å². The highest BCUT2D eigenvalue weighted by Gasteiger charge is 2.14. The summed E-state index contributed by atoms with van der Waals surface area (Å²) in [6, 6.07) is 3.93. The summed E-state index contributed by atoms with van der Waals surface area (Å²) in [5.74, 6) is -0.0600. The van der Waals surface area contributed by atoms with Gasteiger partial charge in [0.2, 0.25) is 0 Å². The average Bonchev–Trinajstić information content (AvgIpc) is 2.96. The van der Waals surface area contributed by atoms with Crippen molar-refractivity contribution in [2.45, 2.75) is 32.9 Å². The first-order chi connectivity index (χ1) is 11.7. The largest absolute Gasteiger partial charge is 0.383 e. The molecule has 0 atom stereocenters. The number of hydrogen-bond acceptors (Lipinski definition) is 4. The Morgan fingerprint density at radius 1 is 1.29 bits per heavy atom. The maximum absolute atomic E-state index is 12.3. The van der Waals surface area contributed by atoms with Crippen LogP contribution in [-0.2, 0) is 11.4 Å². The number of fused-ring (bicyclic) bond motifs is 1. The molecule has 6 heteroatoms. The van der Waals surface area contributed by atoms with Crippen LogP contribution in [0.5, 0.6) is 0 Å². The molecule has 1 saturated heterocycles. The predicted molar refractivity (Wildman–Crippen MR) is 94.1 cm³/mol. The molecule has 1 fully saturated rings. The Kier molecular flexibility index (Phi) is 5.48. The SMILES string of the molecule is COCCNC(=O)c1cc2cn(CN3CCCCC3)nc2cc1C. The fourth-order valence-corrected chi connectivity index (χ4v) is 3.21. The Morgan fingerprint density at radius 2 is 2.08 bits per heavy atom. The van der Waals surface area contributed by atoms with Gasteiger partial charge in [0.05, 0.1) is 18.8 Å². The molecular weight excluding hydrogens is 304 g/mol. The fourth-order valence-electron chi connectivity index (χ4n) is 3.21. The number of aromatic nitrogens is 2. The summed E-state index contributed by atoms with van der Waals surface area (Å²) in [7, 11) is 1.63. The van der Waals surface area contributed by atoms with Crippen molar-refractivity contribution in [3.63, 3.8) is 0 Å². The maximum Gasteiger partial charge on any atom is 0.251 e. The highest BCUT2D eigenvalue weighted by molar-refractivity contribution is 5.99. The molecule has 1 aromatic carbocycles. The quantitative estimate of drug-likeness (QED) is 0.825. The highest BCUT2D eigenvalue weighted by atomic mass is 16.5. The molecule has 1 N–H and O–H groups in total. The molecule has 24 heavy (non-hydrogen) atoms. The molecule has 0 aliphatic carbocycles. The number of methoxy groups -OCH3 is 1. The second-order valence-corrected chi connectivity index (χ2v) is 6.46. The monoisotopic (exact) mass is 330 g/mol.